The van der Waals surface area contributed by atoms with E-state index < -0.39 is 45.7 Å². The first kappa shape index (κ1) is 70.9. The highest BCUT2D eigenvalue weighted by molar-refractivity contribution is 7.24. The molecule has 104 heavy (non-hydrogen) atoms. The van der Waals surface area contributed by atoms with E-state index in [0.717, 1.165) is 196 Å². The summed E-state index contributed by atoms with van der Waals surface area (Å²) in [6.07, 6.45) is 12.8. The smallest absolute Gasteiger partial charge is 0.194 e. The van der Waals surface area contributed by atoms with E-state index in [4.69, 9.17) is 0 Å². The molecule has 0 bridgehead atoms. The molecule has 6 aromatic carbocycles. The number of Topliss-reactive ketones (excluding diaryl/α,β-unsaturated/α-hetero) is 2. The summed E-state index contributed by atoms with van der Waals surface area (Å²) < 4.78 is 60.6. The molecule has 516 valence electrons. The van der Waals surface area contributed by atoms with Crippen LogP contribution in [-0.2, 0) is 23.7 Å². The third kappa shape index (κ3) is 11.8. The highest BCUT2D eigenvalue weighted by Gasteiger charge is 2.62. The lowest BCUT2D eigenvalue weighted by Crippen LogP contribution is -2.29. The third-order valence-electron chi connectivity index (χ3n) is 21.4. The van der Waals surface area contributed by atoms with Gasteiger partial charge in [-0.25, -0.2) is 17.6 Å². The number of ketones is 2. The SMILES string of the molecule is CCCCC(CC)Cc1cc(/C=C2\C(=O)c3cc(F)c(F)cc3C2=C(C#N)C#N)sc1-c1cc2c(s1)C1=C(c3sc(-c4sc(/C=C5\C(=O)c6cc(F)c(F)cc6C5=C(C#N)C#N)cc4CC(CC)CCCC)cc3C1(c1cccc(C)c1)c1cccc(C)c1)C2(c1cccc(C)c1)c1cccc(C)c1. The molecular weight excluding hydrogens is 1370 g/mol. The first-order chi connectivity index (χ1) is 50.3. The fourth-order valence-electron chi connectivity index (χ4n) is 16.5. The second-order valence-corrected chi connectivity index (χ2v) is 32.3. The van der Waals surface area contributed by atoms with Gasteiger partial charge in [0.2, 0.25) is 0 Å². The molecule has 0 N–H and O–H groups in total. The fraction of sp³-hybridized carbons (Fsp3) is 0.244. The number of fused-ring (bicyclic) bond motifs is 6. The number of aryl methyl sites for hydroxylation is 4. The van der Waals surface area contributed by atoms with Crippen molar-refractivity contribution in [3.63, 3.8) is 0 Å². The predicted octanol–water partition coefficient (Wildman–Crippen LogP) is 24.3. The van der Waals surface area contributed by atoms with Crippen LogP contribution in [0.1, 0.15) is 197 Å². The van der Waals surface area contributed by atoms with E-state index in [1.807, 2.05) is 24.3 Å². The molecule has 6 nitrogen and oxygen atoms in total. The lowest BCUT2D eigenvalue weighted by Gasteiger charge is -2.35. The van der Waals surface area contributed by atoms with Gasteiger partial charge in [-0.15, -0.1) is 45.3 Å². The van der Waals surface area contributed by atoms with Gasteiger partial charge in [0.25, 0.3) is 0 Å². The van der Waals surface area contributed by atoms with E-state index in [1.54, 1.807) is 34.8 Å². The number of thiophene rings is 4. The molecule has 0 radical (unpaired) electrons. The molecule has 2 atom stereocenters. The maximum atomic E-state index is 15.2. The first-order valence-corrected chi connectivity index (χ1v) is 38.8. The molecule has 14 heteroatoms. The van der Waals surface area contributed by atoms with Crippen LogP contribution in [-0.4, -0.2) is 11.6 Å². The maximum absolute atomic E-state index is 15.2. The van der Waals surface area contributed by atoms with Crippen molar-refractivity contribution < 1.29 is 27.2 Å². The van der Waals surface area contributed by atoms with Crippen LogP contribution in [0.3, 0.4) is 0 Å². The van der Waals surface area contributed by atoms with Gasteiger partial charge in [0, 0.05) is 72.4 Å². The van der Waals surface area contributed by atoms with Gasteiger partial charge in [0.1, 0.15) is 35.4 Å². The standard InChI is InChI=1S/C90H72F4N4O2S4/c1-9-13-23-53(11-3)33-55-35-63(37-69-79(57(45-95)46-96)65-39-73(91)75(93)41-67(65)83(69)99)101-85(55)77-43-71-87(103-77)81-82(89(71,59-25-15-19-49(5)29-59)60-26-16-20-50(6)30-60)88-72(90(81,61-27-17-21-51(7)31-61)62-28-18-22-52(8)32-62)44-78(104-88)86-56(34-54(12-4)24-14-10-2)36-64(102-86)38-70-80(58(47-97)48-98)66-40-74(92)76(94)42-68(66)84(70)100/h15-22,25-32,35-44,53-54H,9-14,23-24,33-34H2,1-8H3/b69-37-,70-38-. The average Bonchev–Trinajstić information content (AvgIpc) is 1.48. The Morgan fingerprint density at radius 2 is 0.760 bits per heavy atom. The van der Waals surface area contributed by atoms with Gasteiger partial charge in [-0.1, -0.05) is 198 Å². The van der Waals surface area contributed by atoms with E-state index in [1.165, 1.54) is 22.7 Å². The molecule has 0 amide bonds. The number of hydrogen-bond acceptors (Lipinski definition) is 10. The number of hydrogen-bond donors (Lipinski definition) is 0. The molecule has 4 aromatic heterocycles. The summed E-state index contributed by atoms with van der Waals surface area (Å²) in [5, 5.41) is 41.6. The Labute approximate surface area is 620 Å². The summed E-state index contributed by atoms with van der Waals surface area (Å²) in [4.78, 5) is 36.9. The summed E-state index contributed by atoms with van der Waals surface area (Å²) in [5.41, 5.74) is 12.4. The van der Waals surface area contributed by atoms with Gasteiger partial charge >= 0.3 is 0 Å². The van der Waals surface area contributed by atoms with Crippen molar-refractivity contribution in [2.45, 2.75) is 130 Å². The number of nitriles is 4. The van der Waals surface area contributed by atoms with Crippen LogP contribution in [0.4, 0.5) is 17.6 Å². The van der Waals surface area contributed by atoms with Crippen LogP contribution in [0.15, 0.2) is 168 Å². The first-order valence-electron chi connectivity index (χ1n) is 35.5. The van der Waals surface area contributed by atoms with Gasteiger partial charge in [-0.05, 0) is 180 Å². The van der Waals surface area contributed by atoms with Crippen molar-refractivity contribution in [3.8, 4) is 43.8 Å². The van der Waals surface area contributed by atoms with E-state index in [2.05, 4.69) is 177 Å². The number of benzene rings is 6. The van der Waals surface area contributed by atoms with Crippen LogP contribution in [0.2, 0.25) is 0 Å². The van der Waals surface area contributed by atoms with Crippen molar-refractivity contribution in [3.05, 3.63) is 300 Å². The number of nitrogens with zero attached hydrogens (tertiary/aromatic N) is 4. The molecule has 10 aromatic rings. The highest BCUT2D eigenvalue weighted by atomic mass is 32.1. The van der Waals surface area contributed by atoms with Crippen molar-refractivity contribution in [2.24, 2.45) is 11.8 Å². The topological polar surface area (TPSA) is 129 Å². The maximum Gasteiger partial charge on any atom is 0.194 e. The van der Waals surface area contributed by atoms with Crippen LogP contribution in [0.5, 0.6) is 0 Å². The molecule has 14 rings (SSSR count). The molecule has 4 aliphatic rings. The Bertz CT molecular complexity index is 5160. The molecule has 0 spiro atoms. The summed E-state index contributed by atoms with van der Waals surface area (Å²) in [6.45, 7) is 17.4. The van der Waals surface area contributed by atoms with Crippen molar-refractivity contribution in [2.75, 3.05) is 0 Å². The fourth-order valence-corrected chi connectivity index (χ4v) is 21.7. The minimum Gasteiger partial charge on any atom is -0.289 e. The molecule has 0 saturated heterocycles. The number of carbonyl (C=O) groups excluding carboxylic acids is 2. The molecule has 4 aliphatic carbocycles. The zero-order valence-electron chi connectivity index (χ0n) is 59.0. The number of allylic oxidation sites excluding steroid dienone is 8. The normalized spacial score (nSPS) is 15.7. The van der Waals surface area contributed by atoms with Crippen LogP contribution < -0.4 is 0 Å². The van der Waals surface area contributed by atoms with Crippen LogP contribution in [0.25, 0.3) is 54.0 Å². The van der Waals surface area contributed by atoms with Gasteiger partial charge in [-0.2, -0.15) is 21.0 Å². The van der Waals surface area contributed by atoms with Gasteiger partial charge in [-0.3, -0.25) is 9.59 Å². The monoisotopic (exact) mass is 1440 g/mol. The lowest BCUT2D eigenvalue weighted by molar-refractivity contribution is 0.103. The van der Waals surface area contributed by atoms with E-state index in [0.29, 0.717) is 21.6 Å². The molecule has 0 aliphatic heterocycles. The Kier molecular flexibility index (Phi) is 19.4. The molecule has 0 saturated carbocycles. The summed E-state index contributed by atoms with van der Waals surface area (Å²) in [5.74, 6) is -5.41. The zero-order valence-corrected chi connectivity index (χ0v) is 62.3. The predicted molar refractivity (Wildman–Crippen MR) is 414 cm³/mol. The Morgan fingerprint density at radius 1 is 0.433 bits per heavy atom. The Balaban J connectivity index is 1.08. The van der Waals surface area contributed by atoms with Gasteiger partial charge in [0.15, 0.2) is 34.8 Å². The highest BCUT2D eigenvalue weighted by Crippen LogP contribution is 2.73. The Morgan fingerprint density at radius 3 is 1.06 bits per heavy atom. The quantitative estimate of drug-likeness (QED) is 0.0424. The molecule has 0 fully saturated rings. The number of halogens is 4. The summed E-state index contributed by atoms with van der Waals surface area (Å²) in [7, 11) is 0. The van der Waals surface area contributed by atoms with E-state index in [-0.39, 0.29) is 55.7 Å². The third-order valence-corrected chi connectivity index (χ3v) is 26.3. The number of rotatable bonds is 20. The summed E-state index contributed by atoms with van der Waals surface area (Å²) >= 11 is 6.59. The summed E-state index contributed by atoms with van der Waals surface area (Å²) in [6, 6.07) is 56.0. The average molecular weight is 1450 g/mol. The zero-order chi connectivity index (χ0) is 73.2. The number of unbranched alkanes of at least 4 members (excludes halogenated alkanes) is 2. The Hall–Kier alpha value is -10.2. The lowest BCUT2D eigenvalue weighted by atomic mass is 9.66. The molecular formula is C90H72F4N4O2S4. The van der Waals surface area contributed by atoms with E-state index >= 15 is 17.6 Å². The van der Waals surface area contributed by atoms with Crippen molar-refractivity contribution in [1.29, 1.82) is 21.0 Å². The van der Waals surface area contributed by atoms with Crippen molar-refractivity contribution >= 4 is 91.4 Å². The minimum absolute atomic E-state index is 0.000141. The van der Waals surface area contributed by atoms with Crippen LogP contribution >= 0.6 is 45.3 Å². The molecule has 2 unspecified atom stereocenters. The second-order valence-electron chi connectivity index (χ2n) is 28.0. The van der Waals surface area contributed by atoms with Gasteiger partial charge < -0.3 is 0 Å². The largest absolute Gasteiger partial charge is 0.289 e. The second kappa shape index (κ2) is 28.5. The van der Waals surface area contributed by atoms with Crippen molar-refractivity contribution in [1.82, 2.24) is 0 Å². The molecule has 4 heterocycles. The van der Waals surface area contributed by atoms with E-state index in [9.17, 15) is 30.6 Å². The number of carbonyl (C=O) groups is 2. The van der Waals surface area contributed by atoms with Gasteiger partial charge in [0.05, 0.1) is 10.8 Å². The van der Waals surface area contributed by atoms with Crippen LogP contribution in [0, 0.1) is 108 Å². The minimum atomic E-state index is -1.21.